The van der Waals surface area contributed by atoms with Gasteiger partial charge in [0.15, 0.2) is 0 Å². The molecule has 0 saturated carbocycles. The van der Waals surface area contributed by atoms with Gasteiger partial charge in [0.1, 0.15) is 17.2 Å². The van der Waals surface area contributed by atoms with E-state index in [1.54, 1.807) is 24.3 Å². The molecule has 1 atom stereocenters. The lowest BCUT2D eigenvalue weighted by Crippen LogP contribution is -2.17. The topological polar surface area (TPSA) is 96.9 Å². The zero-order valence-corrected chi connectivity index (χ0v) is 15.8. The van der Waals surface area contributed by atoms with E-state index < -0.39 is 5.91 Å². The van der Waals surface area contributed by atoms with Crippen LogP contribution in [0.3, 0.4) is 0 Å². The van der Waals surface area contributed by atoms with Gasteiger partial charge in [0.2, 0.25) is 11.9 Å². The highest BCUT2D eigenvalue weighted by atomic mass is 19.1. The number of furan rings is 1. The summed E-state index contributed by atoms with van der Waals surface area (Å²) in [5, 5.41) is 4.14. The second kappa shape index (κ2) is 6.67. The van der Waals surface area contributed by atoms with Crippen LogP contribution in [0.25, 0.3) is 22.0 Å². The Morgan fingerprint density at radius 3 is 2.75 bits per heavy atom. The SMILES string of the molecule is Cc1c(C(Nc2nc3ccc(C(N)=O)cc3[nH]2)C(C)C)oc2ccc(F)cc12. The Labute approximate surface area is 160 Å². The molecule has 0 fully saturated rings. The van der Waals surface area contributed by atoms with Crippen molar-refractivity contribution in [2.75, 3.05) is 5.32 Å². The number of H-pyrrole nitrogens is 1. The monoisotopic (exact) mass is 380 g/mol. The first-order chi connectivity index (χ1) is 13.3. The maximum Gasteiger partial charge on any atom is 0.248 e. The molecule has 7 heteroatoms. The summed E-state index contributed by atoms with van der Waals surface area (Å²) in [6.45, 7) is 6.06. The Morgan fingerprint density at radius 1 is 1.25 bits per heavy atom. The number of halogens is 1. The van der Waals surface area contributed by atoms with Crippen molar-refractivity contribution in [2.24, 2.45) is 11.7 Å². The van der Waals surface area contributed by atoms with Gasteiger partial charge < -0.3 is 20.5 Å². The first-order valence-electron chi connectivity index (χ1n) is 9.08. The van der Waals surface area contributed by atoms with Crippen LogP contribution in [-0.2, 0) is 0 Å². The molecule has 0 radical (unpaired) electrons. The van der Waals surface area contributed by atoms with Crippen LogP contribution < -0.4 is 11.1 Å². The van der Waals surface area contributed by atoms with E-state index in [9.17, 15) is 9.18 Å². The van der Waals surface area contributed by atoms with Gasteiger partial charge in [-0.05, 0) is 49.2 Å². The normalized spacial score (nSPS) is 12.8. The smallest absolute Gasteiger partial charge is 0.248 e. The van der Waals surface area contributed by atoms with E-state index in [0.717, 1.165) is 22.2 Å². The van der Waals surface area contributed by atoms with Crippen LogP contribution in [0.2, 0.25) is 0 Å². The summed E-state index contributed by atoms with van der Waals surface area (Å²) < 4.78 is 19.7. The number of fused-ring (bicyclic) bond motifs is 2. The maximum absolute atomic E-state index is 13.6. The number of benzene rings is 2. The summed E-state index contributed by atoms with van der Waals surface area (Å²) in [5.74, 6) is 0.699. The second-order valence-electron chi connectivity index (χ2n) is 7.28. The molecule has 0 aliphatic heterocycles. The third-order valence-corrected chi connectivity index (χ3v) is 4.94. The minimum atomic E-state index is -0.490. The standard InChI is InChI=1S/C21H21FN4O2/c1-10(2)18(19-11(3)14-9-13(22)5-7-17(14)28-19)26-21-24-15-6-4-12(20(23)27)8-16(15)25-21/h4-10,18H,1-3H3,(H2,23,27)(H2,24,25,26). The van der Waals surface area contributed by atoms with Crippen LogP contribution in [0.1, 0.15) is 41.6 Å². The Hall–Kier alpha value is -3.35. The van der Waals surface area contributed by atoms with E-state index in [1.165, 1.54) is 12.1 Å². The van der Waals surface area contributed by atoms with Crippen LogP contribution >= 0.6 is 0 Å². The molecule has 2 aromatic heterocycles. The highest BCUT2D eigenvalue weighted by Gasteiger charge is 2.24. The van der Waals surface area contributed by atoms with E-state index in [-0.39, 0.29) is 17.8 Å². The molecule has 4 aromatic rings. The summed E-state index contributed by atoms with van der Waals surface area (Å²) in [5.41, 5.74) is 8.74. The largest absolute Gasteiger partial charge is 0.459 e. The predicted octanol–water partition coefficient (Wildman–Crippen LogP) is 4.66. The lowest BCUT2D eigenvalue weighted by molar-refractivity contribution is 0.100. The number of carbonyl (C=O) groups excluding carboxylic acids is 1. The fourth-order valence-electron chi connectivity index (χ4n) is 3.42. The lowest BCUT2D eigenvalue weighted by Gasteiger charge is -2.20. The molecule has 1 amide bonds. The number of aromatic nitrogens is 2. The summed E-state index contributed by atoms with van der Waals surface area (Å²) in [7, 11) is 0. The van der Waals surface area contributed by atoms with Crippen molar-refractivity contribution in [3.05, 3.63) is 59.1 Å². The van der Waals surface area contributed by atoms with E-state index in [1.807, 2.05) is 6.92 Å². The van der Waals surface area contributed by atoms with Crippen LogP contribution in [0, 0.1) is 18.7 Å². The number of amides is 1. The van der Waals surface area contributed by atoms with Gasteiger partial charge in [-0.1, -0.05) is 13.8 Å². The van der Waals surface area contributed by atoms with Gasteiger partial charge in [0, 0.05) is 16.5 Å². The molecule has 4 rings (SSSR count). The minimum absolute atomic E-state index is 0.174. The quantitative estimate of drug-likeness (QED) is 0.469. The van der Waals surface area contributed by atoms with Crippen LogP contribution in [0.15, 0.2) is 40.8 Å². The lowest BCUT2D eigenvalue weighted by atomic mass is 9.98. The van der Waals surface area contributed by atoms with E-state index in [2.05, 4.69) is 29.1 Å². The molecule has 6 nitrogen and oxygen atoms in total. The highest BCUT2D eigenvalue weighted by Crippen LogP contribution is 2.35. The number of imidazole rings is 1. The van der Waals surface area contributed by atoms with Crippen molar-refractivity contribution in [3.63, 3.8) is 0 Å². The number of aryl methyl sites for hydroxylation is 1. The van der Waals surface area contributed by atoms with Gasteiger partial charge in [0.05, 0.1) is 17.1 Å². The van der Waals surface area contributed by atoms with Gasteiger partial charge in [-0.15, -0.1) is 0 Å². The van der Waals surface area contributed by atoms with Crippen molar-refractivity contribution in [2.45, 2.75) is 26.8 Å². The Bertz CT molecular complexity index is 1190. The number of nitrogens with one attached hydrogen (secondary N) is 2. The number of anilines is 1. The molecule has 4 N–H and O–H groups in total. The van der Waals surface area contributed by atoms with Gasteiger partial charge in [-0.25, -0.2) is 9.37 Å². The molecule has 0 bridgehead atoms. The van der Waals surface area contributed by atoms with Crippen LogP contribution in [0.4, 0.5) is 10.3 Å². The Balaban J connectivity index is 1.72. The number of nitrogens with zero attached hydrogens (tertiary/aromatic N) is 1. The van der Waals surface area contributed by atoms with Crippen LogP contribution in [0.5, 0.6) is 0 Å². The molecule has 144 valence electrons. The van der Waals surface area contributed by atoms with Gasteiger partial charge >= 0.3 is 0 Å². The summed E-state index contributed by atoms with van der Waals surface area (Å²) in [6, 6.07) is 9.42. The van der Waals surface area contributed by atoms with Crippen molar-refractivity contribution >= 4 is 33.9 Å². The number of carbonyl (C=O) groups is 1. The molecular formula is C21H21FN4O2. The Kier molecular flexibility index (Phi) is 4.30. The van der Waals surface area contributed by atoms with Crippen LogP contribution in [-0.4, -0.2) is 15.9 Å². The van der Waals surface area contributed by atoms with Crippen molar-refractivity contribution < 1.29 is 13.6 Å². The van der Waals surface area contributed by atoms with E-state index >= 15 is 0 Å². The molecule has 0 saturated heterocycles. The molecule has 0 aliphatic rings. The molecule has 0 spiro atoms. The van der Waals surface area contributed by atoms with Gasteiger partial charge in [-0.3, -0.25) is 4.79 Å². The summed E-state index contributed by atoms with van der Waals surface area (Å²) >= 11 is 0. The number of aromatic amines is 1. The molecule has 2 aromatic carbocycles. The second-order valence-corrected chi connectivity index (χ2v) is 7.28. The molecule has 28 heavy (non-hydrogen) atoms. The molecular weight excluding hydrogens is 359 g/mol. The number of hydrogen-bond donors (Lipinski definition) is 3. The average molecular weight is 380 g/mol. The van der Waals surface area contributed by atoms with Crippen molar-refractivity contribution in [1.29, 1.82) is 0 Å². The first-order valence-corrected chi connectivity index (χ1v) is 9.08. The van der Waals surface area contributed by atoms with E-state index in [4.69, 9.17) is 10.2 Å². The fraction of sp³-hybridized carbons (Fsp3) is 0.238. The van der Waals surface area contributed by atoms with E-state index in [0.29, 0.717) is 22.6 Å². The average Bonchev–Trinajstić information content (AvgIpc) is 3.19. The number of primary amides is 1. The van der Waals surface area contributed by atoms with Gasteiger partial charge in [-0.2, -0.15) is 0 Å². The fourth-order valence-corrected chi connectivity index (χ4v) is 3.42. The third kappa shape index (κ3) is 3.09. The molecule has 0 aliphatic carbocycles. The van der Waals surface area contributed by atoms with Crippen molar-refractivity contribution in [3.8, 4) is 0 Å². The first kappa shape index (κ1) is 18.0. The Morgan fingerprint density at radius 2 is 2.04 bits per heavy atom. The summed E-state index contributed by atoms with van der Waals surface area (Å²) in [4.78, 5) is 19.1. The van der Waals surface area contributed by atoms with Gasteiger partial charge in [0.25, 0.3) is 0 Å². The molecule has 2 heterocycles. The minimum Gasteiger partial charge on any atom is -0.459 e. The third-order valence-electron chi connectivity index (χ3n) is 4.94. The maximum atomic E-state index is 13.6. The number of nitrogens with two attached hydrogens (primary N) is 1. The highest BCUT2D eigenvalue weighted by molar-refractivity contribution is 5.96. The van der Waals surface area contributed by atoms with Crippen molar-refractivity contribution in [1.82, 2.24) is 9.97 Å². The number of rotatable bonds is 5. The summed E-state index contributed by atoms with van der Waals surface area (Å²) in [6.07, 6.45) is 0. The predicted molar refractivity (Wildman–Crippen MR) is 107 cm³/mol. The zero-order valence-electron chi connectivity index (χ0n) is 15.8. The zero-order chi connectivity index (χ0) is 20.0. The number of hydrogen-bond acceptors (Lipinski definition) is 4. The molecule has 1 unspecified atom stereocenters.